The number of nitrogens with zero attached hydrogens (tertiary/aromatic N) is 3. The number of anilines is 1. The molecule has 0 spiro atoms. The third-order valence-electron chi connectivity index (χ3n) is 4.60. The molecule has 2 aromatic rings. The molecule has 1 amide bonds. The van der Waals surface area contributed by atoms with Gasteiger partial charge in [0.15, 0.2) is 0 Å². The number of hydrogen-bond acceptors (Lipinski definition) is 8. The first-order chi connectivity index (χ1) is 14.6. The van der Waals surface area contributed by atoms with Crippen LogP contribution in [0.1, 0.15) is 56.6 Å². The Labute approximate surface area is 183 Å². The van der Waals surface area contributed by atoms with Crippen molar-refractivity contribution < 1.29 is 18.7 Å². The molecule has 1 atom stereocenters. The number of carbonyl (C=O) groups is 2. The predicted octanol–water partition coefficient (Wildman–Crippen LogP) is 2.58. The summed E-state index contributed by atoms with van der Waals surface area (Å²) in [5.41, 5.74) is 5.77. The number of aromatic nitrogens is 2. The van der Waals surface area contributed by atoms with Gasteiger partial charge in [0.2, 0.25) is 0 Å². The van der Waals surface area contributed by atoms with Gasteiger partial charge in [-0.3, -0.25) is 4.79 Å². The summed E-state index contributed by atoms with van der Waals surface area (Å²) in [5, 5.41) is 3.18. The molecule has 9 nitrogen and oxygen atoms in total. The number of rotatable bonds is 9. The lowest BCUT2D eigenvalue weighted by Crippen LogP contribution is -2.51. The third kappa shape index (κ3) is 6.27. The van der Waals surface area contributed by atoms with E-state index < -0.39 is 17.9 Å². The lowest BCUT2D eigenvalue weighted by atomic mass is 9.95. The van der Waals surface area contributed by atoms with Gasteiger partial charge in [-0.1, -0.05) is 34.6 Å². The van der Waals surface area contributed by atoms with Crippen molar-refractivity contribution in [1.29, 1.82) is 0 Å². The van der Waals surface area contributed by atoms with Crippen molar-refractivity contribution in [2.45, 2.75) is 52.6 Å². The number of nitrogens with two attached hydrogens (primary N) is 1. The van der Waals surface area contributed by atoms with E-state index in [9.17, 15) is 9.59 Å². The van der Waals surface area contributed by atoms with Crippen LogP contribution < -0.4 is 11.1 Å². The summed E-state index contributed by atoms with van der Waals surface area (Å²) in [6.07, 6.45) is 3.08. The average Bonchev–Trinajstić information content (AvgIpc) is 3.23. The highest BCUT2D eigenvalue weighted by molar-refractivity contribution is 6.00. The molecule has 2 heterocycles. The van der Waals surface area contributed by atoms with Crippen LogP contribution in [0, 0.1) is 5.92 Å². The predicted molar refractivity (Wildman–Crippen MR) is 117 cm³/mol. The highest BCUT2D eigenvalue weighted by Crippen LogP contribution is 2.24. The Hall–Kier alpha value is -2.94. The van der Waals surface area contributed by atoms with E-state index in [1.54, 1.807) is 12.3 Å². The first-order valence-electron chi connectivity index (χ1n) is 10.3. The molecule has 0 fully saturated rings. The van der Waals surface area contributed by atoms with Gasteiger partial charge in [0, 0.05) is 24.7 Å². The fourth-order valence-corrected chi connectivity index (χ4v) is 3.00. The van der Waals surface area contributed by atoms with Gasteiger partial charge in [-0.2, -0.15) is 0 Å². The van der Waals surface area contributed by atoms with Crippen molar-refractivity contribution >= 4 is 17.7 Å². The molecule has 9 heteroatoms. The Bertz CT molecular complexity index is 875. The van der Waals surface area contributed by atoms with E-state index >= 15 is 0 Å². The van der Waals surface area contributed by atoms with Crippen molar-refractivity contribution in [3.05, 3.63) is 41.7 Å². The molecular weight excluding hydrogens is 398 g/mol. The van der Waals surface area contributed by atoms with E-state index in [1.165, 1.54) is 18.2 Å². The van der Waals surface area contributed by atoms with E-state index in [0.29, 0.717) is 30.5 Å². The Kier molecular flexibility index (Phi) is 8.15. The molecule has 0 aliphatic heterocycles. The van der Waals surface area contributed by atoms with Gasteiger partial charge in [0.1, 0.15) is 29.0 Å². The van der Waals surface area contributed by atoms with Crippen LogP contribution in [0.5, 0.6) is 0 Å². The monoisotopic (exact) mass is 431 g/mol. The van der Waals surface area contributed by atoms with Gasteiger partial charge in [0.25, 0.3) is 5.91 Å². The van der Waals surface area contributed by atoms with E-state index in [4.69, 9.17) is 14.9 Å². The summed E-state index contributed by atoms with van der Waals surface area (Å²) >= 11 is 0. The molecule has 2 rings (SSSR count). The van der Waals surface area contributed by atoms with E-state index in [2.05, 4.69) is 15.3 Å². The van der Waals surface area contributed by atoms with Crippen LogP contribution in [-0.4, -0.2) is 53.0 Å². The number of carbonyl (C=O) groups excluding carboxylic acids is 2. The van der Waals surface area contributed by atoms with Crippen molar-refractivity contribution in [3.63, 3.8) is 0 Å². The smallest absolute Gasteiger partial charge is 0.329 e. The van der Waals surface area contributed by atoms with E-state index in [1.807, 2.05) is 40.7 Å². The summed E-state index contributed by atoms with van der Waals surface area (Å²) < 4.78 is 10.2. The topological polar surface area (TPSA) is 124 Å². The zero-order valence-electron chi connectivity index (χ0n) is 19.1. The molecule has 31 heavy (non-hydrogen) atoms. The van der Waals surface area contributed by atoms with Crippen molar-refractivity contribution in [1.82, 2.24) is 14.9 Å². The molecule has 2 aromatic heterocycles. The van der Waals surface area contributed by atoms with Crippen LogP contribution in [0.25, 0.3) is 0 Å². The number of methoxy groups -OCH3 is 1. The molecule has 0 aliphatic rings. The fourth-order valence-electron chi connectivity index (χ4n) is 3.00. The summed E-state index contributed by atoms with van der Waals surface area (Å²) in [5.74, 6) is 0.811. The molecule has 0 radical (unpaired) electrons. The first kappa shape index (κ1) is 24.3. The number of nitrogens with one attached hydrogen (secondary N) is 1. The van der Waals surface area contributed by atoms with Gasteiger partial charge in [0.05, 0.1) is 19.9 Å². The summed E-state index contributed by atoms with van der Waals surface area (Å²) in [6.45, 7) is 10.5. The Morgan fingerprint density at radius 2 is 2.03 bits per heavy atom. The average molecular weight is 432 g/mol. The number of furan rings is 1. The maximum Gasteiger partial charge on any atom is 0.329 e. The number of esters is 1. The highest BCUT2D eigenvalue weighted by atomic mass is 16.5. The van der Waals surface area contributed by atoms with E-state index in [0.717, 1.165) is 0 Å². The minimum absolute atomic E-state index is 0.0543. The lowest BCUT2D eigenvalue weighted by molar-refractivity contribution is -0.145. The standard InChI is InChI=1S/C22H33N5O4/c1-14(2)13-27(17(10-23)20(29)30-6)19(28)16-12-25-21(22(3,4)5)26-18(16)24-11-15-8-7-9-31-15/h7-9,12,14,17H,10-11,13,23H2,1-6H3,(H,24,25,26)/t17-/m0/s1. The second kappa shape index (κ2) is 10.4. The zero-order valence-corrected chi connectivity index (χ0v) is 19.1. The van der Waals surface area contributed by atoms with Gasteiger partial charge < -0.3 is 25.1 Å². The molecule has 0 bridgehead atoms. The van der Waals surface area contributed by atoms with Crippen LogP contribution >= 0.6 is 0 Å². The SMILES string of the molecule is COC(=O)[C@H](CN)N(CC(C)C)C(=O)c1cnc(C(C)(C)C)nc1NCc1ccco1. The van der Waals surface area contributed by atoms with Gasteiger partial charge >= 0.3 is 5.97 Å². The van der Waals surface area contributed by atoms with Crippen LogP contribution in [0.4, 0.5) is 5.82 Å². The Morgan fingerprint density at radius 1 is 1.32 bits per heavy atom. The Morgan fingerprint density at radius 3 is 2.55 bits per heavy atom. The molecule has 0 saturated carbocycles. The quantitative estimate of drug-likeness (QED) is 0.581. The molecule has 0 aromatic carbocycles. The van der Waals surface area contributed by atoms with Crippen LogP contribution in [0.15, 0.2) is 29.0 Å². The van der Waals surface area contributed by atoms with Crippen LogP contribution in [0.3, 0.4) is 0 Å². The van der Waals surface area contributed by atoms with E-state index in [-0.39, 0.29) is 23.4 Å². The summed E-state index contributed by atoms with van der Waals surface area (Å²) in [6, 6.07) is 2.71. The summed E-state index contributed by atoms with van der Waals surface area (Å²) in [4.78, 5) is 36.3. The largest absolute Gasteiger partial charge is 0.467 e. The molecular formula is C22H33N5O4. The van der Waals surface area contributed by atoms with Crippen molar-refractivity contribution in [2.75, 3.05) is 25.5 Å². The minimum atomic E-state index is -0.903. The normalized spacial score (nSPS) is 12.5. The molecule has 0 aliphatic carbocycles. The second-order valence-corrected chi connectivity index (χ2v) is 8.76. The number of hydrogen-bond donors (Lipinski definition) is 2. The Balaban J connectivity index is 2.47. The number of ether oxygens (including phenoxy) is 1. The lowest BCUT2D eigenvalue weighted by Gasteiger charge is -2.31. The molecule has 0 saturated heterocycles. The highest BCUT2D eigenvalue weighted by Gasteiger charge is 2.33. The van der Waals surface area contributed by atoms with Gasteiger partial charge in [-0.15, -0.1) is 0 Å². The summed E-state index contributed by atoms with van der Waals surface area (Å²) in [7, 11) is 1.28. The van der Waals surface area contributed by atoms with Crippen molar-refractivity contribution in [2.24, 2.45) is 11.7 Å². The maximum absolute atomic E-state index is 13.6. The number of amides is 1. The van der Waals surface area contributed by atoms with Gasteiger partial charge in [-0.05, 0) is 18.1 Å². The minimum Gasteiger partial charge on any atom is -0.467 e. The van der Waals surface area contributed by atoms with Crippen LogP contribution in [0.2, 0.25) is 0 Å². The molecule has 0 unspecified atom stereocenters. The third-order valence-corrected chi connectivity index (χ3v) is 4.60. The van der Waals surface area contributed by atoms with Crippen LogP contribution in [-0.2, 0) is 21.5 Å². The zero-order chi connectivity index (χ0) is 23.2. The van der Waals surface area contributed by atoms with Crippen molar-refractivity contribution in [3.8, 4) is 0 Å². The van der Waals surface area contributed by atoms with Gasteiger partial charge in [-0.25, -0.2) is 14.8 Å². The molecule has 170 valence electrons. The fraction of sp³-hybridized carbons (Fsp3) is 0.545. The molecule has 3 N–H and O–H groups in total. The maximum atomic E-state index is 13.6. The first-order valence-corrected chi connectivity index (χ1v) is 10.3. The second-order valence-electron chi connectivity index (χ2n) is 8.76.